The molecule has 0 saturated carbocycles. The van der Waals surface area contributed by atoms with Crippen LogP contribution in [0.5, 0.6) is 5.75 Å². The molecule has 0 unspecified atom stereocenters. The first-order chi connectivity index (χ1) is 13.4. The molecule has 150 valence electrons. The number of aryl methyl sites for hydroxylation is 1. The van der Waals surface area contributed by atoms with E-state index in [-0.39, 0.29) is 11.7 Å². The zero-order valence-electron chi connectivity index (χ0n) is 16.2. The summed E-state index contributed by atoms with van der Waals surface area (Å²) in [4.78, 5) is 12.7. The number of sulfonamides is 1. The normalized spacial score (nSPS) is 16.5. The van der Waals surface area contributed by atoms with Crippen LogP contribution < -0.4 is 14.8 Å². The molecule has 0 heterocycles. The molecule has 28 heavy (non-hydrogen) atoms. The first-order valence-electron chi connectivity index (χ1n) is 9.34. The van der Waals surface area contributed by atoms with Crippen molar-refractivity contribution < 1.29 is 17.9 Å². The lowest BCUT2D eigenvalue weighted by Gasteiger charge is -2.24. The quantitative estimate of drug-likeness (QED) is 0.663. The van der Waals surface area contributed by atoms with Crippen molar-refractivity contribution in [3.8, 4) is 5.75 Å². The molecule has 0 spiro atoms. The van der Waals surface area contributed by atoms with E-state index in [4.69, 9.17) is 4.74 Å². The Kier molecular flexibility index (Phi) is 6.36. The minimum Gasteiger partial charge on any atom is -0.497 e. The van der Waals surface area contributed by atoms with Crippen molar-refractivity contribution in [1.82, 2.24) is 5.32 Å². The number of fused-ring (bicyclic) bond motifs is 1. The van der Waals surface area contributed by atoms with Crippen LogP contribution in [0, 0.1) is 5.92 Å². The molecule has 0 fully saturated rings. The number of ketones is 1. The van der Waals surface area contributed by atoms with E-state index in [0.717, 1.165) is 54.5 Å². The molecule has 7 heteroatoms. The van der Waals surface area contributed by atoms with Crippen molar-refractivity contribution in [2.75, 3.05) is 31.2 Å². The second kappa shape index (κ2) is 8.75. The Morgan fingerprint density at radius 2 is 1.89 bits per heavy atom. The number of carbonyl (C=O) groups is 1. The Labute approximate surface area is 166 Å². The molecule has 6 nitrogen and oxygen atoms in total. The van der Waals surface area contributed by atoms with Crippen LogP contribution in [0.2, 0.25) is 0 Å². The SMILES string of the molecule is COc1ccc2c(c1)CC[C@H](CNCCc1ccc(NS(C)(=O)=O)cc1)C2=O. The number of Topliss-reactive ketones (excluding diaryl/α,β-unsaturated/α-hetero) is 1. The maximum Gasteiger partial charge on any atom is 0.229 e. The lowest BCUT2D eigenvalue weighted by atomic mass is 9.82. The molecule has 0 aliphatic heterocycles. The highest BCUT2D eigenvalue weighted by Gasteiger charge is 2.27. The third kappa shape index (κ3) is 5.33. The van der Waals surface area contributed by atoms with Gasteiger partial charge in [-0.15, -0.1) is 0 Å². The third-order valence-electron chi connectivity index (χ3n) is 4.95. The Balaban J connectivity index is 1.47. The van der Waals surface area contributed by atoms with Crippen molar-refractivity contribution in [3.63, 3.8) is 0 Å². The Morgan fingerprint density at radius 1 is 1.14 bits per heavy atom. The van der Waals surface area contributed by atoms with E-state index in [1.54, 1.807) is 19.2 Å². The van der Waals surface area contributed by atoms with Crippen LogP contribution >= 0.6 is 0 Å². The van der Waals surface area contributed by atoms with E-state index in [1.165, 1.54) is 0 Å². The Hall–Kier alpha value is -2.38. The minimum absolute atomic E-state index is 0.00207. The van der Waals surface area contributed by atoms with Gasteiger partial charge in [0.1, 0.15) is 5.75 Å². The summed E-state index contributed by atoms with van der Waals surface area (Å²) in [6.45, 7) is 1.43. The number of anilines is 1. The van der Waals surface area contributed by atoms with Crippen molar-refractivity contribution in [2.24, 2.45) is 5.92 Å². The maximum atomic E-state index is 12.7. The number of rotatable bonds is 8. The summed E-state index contributed by atoms with van der Waals surface area (Å²) >= 11 is 0. The Morgan fingerprint density at radius 3 is 2.57 bits per heavy atom. The number of methoxy groups -OCH3 is 1. The van der Waals surface area contributed by atoms with Crippen LogP contribution in [0.1, 0.15) is 27.9 Å². The van der Waals surface area contributed by atoms with E-state index >= 15 is 0 Å². The molecule has 0 amide bonds. The molecular weight excluding hydrogens is 376 g/mol. The van der Waals surface area contributed by atoms with Gasteiger partial charge in [0.15, 0.2) is 5.78 Å². The van der Waals surface area contributed by atoms with Crippen molar-refractivity contribution in [2.45, 2.75) is 19.3 Å². The Bertz CT molecular complexity index is 939. The topological polar surface area (TPSA) is 84.5 Å². The summed E-state index contributed by atoms with van der Waals surface area (Å²) in [7, 11) is -1.62. The highest BCUT2D eigenvalue weighted by molar-refractivity contribution is 7.92. The maximum absolute atomic E-state index is 12.7. The van der Waals surface area contributed by atoms with Gasteiger partial charge >= 0.3 is 0 Å². The molecule has 3 rings (SSSR count). The van der Waals surface area contributed by atoms with E-state index in [2.05, 4.69) is 10.0 Å². The molecule has 2 aromatic carbocycles. The first-order valence-corrected chi connectivity index (χ1v) is 11.2. The molecule has 1 aliphatic rings. The number of carbonyl (C=O) groups excluding carboxylic acids is 1. The second-order valence-corrected chi connectivity index (χ2v) is 8.90. The third-order valence-corrected chi connectivity index (χ3v) is 5.56. The molecule has 0 bridgehead atoms. The molecular formula is C21H26N2O4S. The summed E-state index contributed by atoms with van der Waals surface area (Å²) < 4.78 is 30.1. The number of nitrogens with one attached hydrogen (secondary N) is 2. The fourth-order valence-electron chi connectivity index (χ4n) is 3.48. The van der Waals surface area contributed by atoms with Gasteiger partial charge in [-0.25, -0.2) is 8.42 Å². The zero-order chi connectivity index (χ0) is 20.1. The molecule has 0 aromatic heterocycles. The van der Waals surface area contributed by atoms with E-state index < -0.39 is 10.0 Å². The minimum atomic E-state index is -3.26. The fourth-order valence-corrected chi connectivity index (χ4v) is 4.05. The molecule has 0 radical (unpaired) electrons. The highest BCUT2D eigenvalue weighted by atomic mass is 32.2. The van der Waals surface area contributed by atoms with Gasteiger partial charge in [-0.1, -0.05) is 12.1 Å². The van der Waals surface area contributed by atoms with Gasteiger partial charge in [0.2, 0.25) is 10.0 Å². The number of hydrogen-bond donors (Lipinski definition) is 2. The number of benzene rings is 2. The summed E-state index contributed by atoms with van der Waals surface area (Å²) in [6, 6.07) is 13.0. The van der Waals surface area contributed by atoms with Gasteiger partial charge in [0.05, 0.1) is 13.4 Å². The standard InChI is InChI=1S/C21H26N2O4S/c1-27-19-9-10-20-16(13-19)5-6-17(21(20)24)14-22-12-11-15-3-7-18(8-4-15)23-28(2,25)26/h3-4,7-10,13,17,22-23H,5-6,11-12,14H2,1-2H3/t17-/m1/s1. The number of ether oxygens (including phenoxy) is 1. The predicted molar refractivity (Wildman–Crippen MR) is 111 cm³/mol. The van der Waals surface area contributed by atoms with Crippen molar-refractivity contribution in [1.29, 1.82) is 0 Å². The van der Waals surface area contributed by atoms with Crippen molar-refractivity contribution >= 4 is 21.5 Å². The lowest BCUT2D eigenvalue weighted by Crippen LogP contribution is -2.33. The van der Waals surface area contributed by atoms with Crippen LogP contribution in [0.4, 0.5) is 5.69 Å². The average molecular weight is 403 g/mol. The van der Waals surface area contributed by atoms with Crippen LogP contribution in [0.15, 0.2) is 42.5 Å². The summed E-state index contributed by atoms with van der Waals surface area (Å²) in [5.41, 5.74) is 3.55. The largest absolute Gasteiger partial charge is 0.497 e. The van der Waals surface area contributed by atoms with Gasteiger partial charge < -0.3 is 10.1 Å². The monoisotopic (exact) mass is 402 g/mol. The molecule has 1 aliphatic carbocycles. The van der Waals surface area contributed by atoms with Gasteiger partial charge in [0, 0.05) is 23.7 Å². The molecule has 0 saturated heterocycles. The smallest absolute Gasteiger partial charge is 0.229 e. The van der Waals surface area contributed by atoms with E-state index in [0.29, 0.717) is 12.2 Å². The lowest BCUT2D eigenvalue weighted by molar-refractivity contribution is 0.0901. The average Bonchev–Trinajstić information content (AvgIpc) is 2.66. The summed E-state index contributed by atoms with van der Waals surface area (Å²) in [6.07, 6.45) is 3.68. The summed E-state index contributed by atoms with van der Waals surface area (Å²) in [5.74, 6) is 0.996. The van der Waals surface area contributed by atoms with Crippen LogP contribution in [0.25, 0.3) is 0 Å². The van der Waals surface area contributed by atoms with Crippen LogP contribution in [-0.4, -0.2) is 40.7 Å². The molecule has 1 atom stereocenters. The second-order valence-electron chi connectivity index (χ2n) is 7.15. The number of hydrogen-bond acceptors (Lipinski definition) is 5. The molecule has 2 N–H and O–H groups in total. The fraction of sp³-hybridized carbons (Fsp3) is 0.381. The van der Waals surface area contributed by atoms with Gasteiger partial charge in [0.25, 0.3) is 0 Å². The van der Waals surface area contributed by atoms with Crippen LogP contribution in [-0.2, 0) is 22.9 Å². The molecule has 2 aromatic rings. The van der Waals surface area contributed by atoms with E-state index in [9.17, 15) is 13.2 Å². The van der Waals surface area contributed by atoms with Gasteiger partial charge in [-0.2, -0.15) is 0 Å². The summed E-state index contributed by atoms with van der Waals surface area (Å²) in [5, 5.41) is 3.38. The van der Waals surface area contributed by atoms with Crippen molar-refractivity contribution in [3.05, 3.63) is 59.2 Å². The zero-order valence-corrected chi connectivity index (χ0v) is 17.0. The van der Waals surface area contributed by atoms with Crippen LogP contribution in [0.3, 0.4) is 0 Å². The van der Waals surface area contributed by atoms with Gasteiger partial charge in [-0.3, -0.25) is 9.52 Å². The van der Waals surface area contributed by atoms with E-state index in [1.807, 2.05) is 30.3 Å². The van der Waals surface area contributed by atoms with Gasteiger partial charge in [-0.05, 0) is 67.3 Å². The first kappa shape index (κ1) is 20.4. The highest BCUT2D eigenvalue weighted by Crippen LogP contribution is 2.28. The predicted octanol–water partition coefficient (Wildman–Crippen LogP) is 2.64.